The van der Waals surface area contributed by atoms with Crippen LogP contribution in [0.1, 0.15) is 26.1 Å². The summed E-state index contributed by atoms with van der Waals surface area (Å²) < 4.78 is 5.45. The smallest absolute Gasteiger partial charge is 0.218 e. The number of hydrogen-bond acceptors (Lipinski definition) is 4. The summed E-state index contributed by atoms with van der Waals surface area (Å²) in [5.41, 5.74) is 6.71. The largest absolute Gasteiger partial charge is 0.477 e. The maximum absolute atomic E-state index is 5.62. The third kappa shape index (κ3) is 3.97. The zero-order chi connectivity index (χ0) is 11.3. The van der Waals surface area contributed by atoms with Gasteiger partial charge in [-0.1, -0.05) is 12.5 Å². The van der Waals surface area contributed by atoms with Crippen LogP contribution in [0.15, 0.2) is 18.2 Å². The molecule has 0 radical (unpaired) electrons. The Morgan fingerprint density at radius 2 is 2.27 bits per heavy atom. The van der Waals surface area contributed by atoms with Crippen LogP contribution in [-0.4, -0.2) is 16.6 Å². The second kappa shape index (κ2) is 5.34. The van der Waals surface area contributed by atoms with Gasteiger partial charge in [-0.2, -0.15) is 4.98 Å². The standard InChI is InChI=1S/C11H17N3O/c1-4-10-13-9(12)7-11(14-10)15-6-5-8(2)3/h7H,2,4-6H2,1,3H3,(H2,12,13,14). The molecule has 0 aliphatic rings. The Hall–Kier alpha value is -1.58. The molecule has 0 unspecified atom stereocenters. The van der Waals surface area contributed by atoms with Crippen molar-refractivity contribution in [2.75, 3.05) is 12.3 Å². The summed E-state index contributed by atoms with van der Waals surface area (Å²) in [5.74, 6) is 1.70. The van der Waals surface area contributed by atoms with Gasteiger partial charge < -0.3 is 10.5 Å². The number of hydrogen-bond donors (Lipinski definition) is 1. The number of anilines is 1. The summed E-state index contributed by atoms with van der Waals surface area (Å²) in [7, 11) is 0. The maximum atomic E-state index is 5.62. The topological polar surface area (TPSA) is 61.0 Å². The highest BCUT2D eigenvalue weighted by Gasteiger charge is 2.01. The number of aryl methyl sites for hydroxylation is 1. The molecule has 1 aromatic heterocycles. The minimum Gasteiger partial charge on any atom is -0.477 e. The van der Waals surface area contributed by atoms with E-state index in [2.05, 4.69) is 16.5 Å². The molecule has 2 N–H and O–H groups in total. The summed E-state index contributed by atoms with van der Waals surface area (Å²) in [5, 5.41) is 0. The molecule has 1 aromatic rings. The van der Waals surface area contributed by atoms with E-state index in [9.17, 15) is 0 Å². The van der Waals surface area contributed by atoms with Gasteiger partial charge in [0.05, 0.1) is 6.61 Å². The van der Waals surface area contributed by atoms with E-state index in [0.717, 1.165) is 18.4 Å². The molecule has 0 amide bonds. The molecule has 15 heavy (non-hydrogen) atoms. The van der Waals surface area contributed by atoms with Crippen molar-refractivity contribution in [1.29, 1.82) is 0 Å². The van der Waals surface area contributed by atoms with Crippen molar-refractivity contribution >= 4 is 5.82 Å². The van der Waals surface area contributed by atoms with Crippen LogP contribution < -0.4 is 10.5 Å². The monoisotopic (exact) mass is 207 g/mol. The minimum absolute atomic E-state index is 0.451. The molecule has 1 rings (SSSR count). The number of rotatable bonds is 5. The molecule has 0 saturated carbocycles. The van der Waals surface area contributed by atoms with E-state index >= 15 is 0 Å². The SMILES string of the molecule is C=C(C)CCOc1cc(N)nc(CC)n1. The number of aromatic nitrogens is 2. The summed E-state index contributed by atoms with van der Waals surface area (Å²) in [4.78, 5) is 8.27. The molecule has 4 heteroatoms. The summed E-state index contributed by atoms with van der Waals surface area (Å²) in [6.45, 7) is 8.32. The summed E-state index contributed by atoms with van der Waals surface area (Å²) >= 11 is 0. The predicted octanol–water partition coefficient (Wildman–Crippen LogP) is 1.97. The Morgan fingerprint density at radius 1 is 1.53 bits per heavy atom. The van der Waals surface area contributed by atoms with Crippen LogP contribution in [0.4, 0.5) is 5.82 Å². The maximum Gasteiger partial charge on any atom is 0.218 e. The minimum atomic E-state index is 0.451. The van der Waals surface area contributed by atoms with E-state index in [-0.39, 0.29) is 0 Å². The first-order valence-corrected chi connectivity index (χ1v) is 5.02. The van der Waals surface area contributed by atoms with Crippen LogP contribution in [-0.2, 0) is 6.42 Å². The van der Waals surface area contributed by atoms with Crippen molar-refractivity contribution in [1.82, 2.24) is 9.97 Å². The Labute approximate surface area is 90.2 Å². The average Bonchev–Trinajstić information content (AvgIpc) is 2.16. The number of nitrogens with two attached hydrogens (primary N) is 1. The van der Waals surface area contributed by atoms with Crippen LogP contribution in [0.3, 0.4) is 0 Å². The molecule has 0 aliphatic carbocycles. The Morgan fingerprint density at radius 3 is 2.87 bits per heavy atom. The Kier molecular flexibility index (Phi) is 4.09. The van der Waals surface area contributed by atoms with Gasteiger partial charge in [-0.05, 0) is 6.92 Å². The van der Waals surface area contributed by atoms with E-state index in [0.29, 0.717) is 24.1 Å². The number of ether oxygens (including phenoxy) is 1. The molecule has 0 aromatic carbocycles. The first-order chi connectivity index (χ1) is 7.11. The fourth-order valence-corrected chi connectivity index (χ4v) is 1.05. The predicted molar refractivity (Wildman–Crippen MR) is 60.7 cm³/mol. The van der Waals surface area contributed by atoms with E-state index in [1.54, 1.807) is 6.07 Å². The first-order valence-electron chi connectivity index (χ1n) is 5.02. The molecule has 82 valence electrons. The van der Waals surface area contributed by atoms with Crippen molar-refractivity contribution in [3.63, 3.8) is 0 Å². The van der Waals surface area contributed by atoms with E-state index in [4.69, 9.17) is 10.5 Å². The van der Waals surface area contributed by atoms with Gasteiger partial charge in [-0.25, -0.2) is 4.98 Å². The number of nitrogen functional groups attached to an aromatic ring is 1. The lowest BCUT2D eigenvalue weighted by Crippen LogP contribution is -2.04. The van der Waals surface area contributed by atoms with Gasteiger partial charge >= 0.3 is 0 Å². The van der Waals surface area contributed by atoms with Gasteiger partial charge in [0.1, 0.15) is 11.6 Å². The normalized spacial score (nSPS) is 10.0. The molecular weight excluding hydrogens is 190 g/mol. The number of nitrogens with zero attached hydrogens (tertiary/aromatic N) is 2. The fraction of sp³-hybridized carbons (Fsp3) is 0.455. The third-order valence-corrected chi connectivity index (χ3v) is 1.86. The van der Waals surface area contributed by atoms with Crippen LogP contribution >= 0.6 is 0 Å². The van der Waals surface area contributed by atoms with Crippen LogP contribution in [0.5, 0.6) is 5.88 Å². The molecule has 0 fully saturated rings. The van der Waals surface area contributed by atoms with E-state index < -0.39 is 0 Å². The summed E-state index contributed by atoms with van der Waals surface area (Å²) in [6, 6.07) is 1.64. The highest BCUT2D eigenvalue weighted by Crippen LogP contribution is 2.12. The molecule has 0 spiro atoms. The van der Waals surface area contributed by atoms with Gasteiger partial charge in [-0.3, -0.25) is 0 Å². The molecule has 0 bridgehead atoms. The molecular formula is C11H17N3O. The van der Waals surface area contributed by atoms with Gasteiger partial charge in [0.2, 0.25) is 5.88 Å². The second-order valence-electron chi connectivity index (χ2n) is 3.46. The lowest BCUT2D eigenvalue weighted by atomic mass is 10.3. The molecule has 0 aliphatic heterocycles. The fourth-order valence-electron chi connectivity index (χ4n) is 1.05. The van der Waals surface area contributed by atoms with Crippen LogP contribution in [0.2, 0.25) is 0 Å². The Bertz CT molecular complexity index is 350. The lowest BCUT2D eigenvalue weighted by molar-refractivity contribution is 0.308. The average molecular weight is 207 g/mol. The Balaban J connectivity index is 2.60. The van der Waals surface area contributed by atoms with Crippen LogP contribution in [0, 0.1) is 0 Å². The van der Waals surface area contributed by atoms with Gasteiger partial charge in [0.15, 0.2) is 0 Å². The van der Waals surface area contributed by atoms with Gasteiger partial charge in [0, 0.05) is 18.9 Å². The second-order valence-corrected chi connectivity index (χ2v) is 3.46. The van der Waals surface area contributed by atoms with Crippen molar-refractivity contribution in [2.24, 2.45) is 0 Å². The molecule has 1 heterocycles. The third-order valence-electron chi connectivity index (χ3n) is 1.86. The van der Waals surface area contributed by atoms with Gasteiger partial charge in [-0.15, -0.1) is 6.58 Å². The highest BCUT2D eigenvalue weighted by atomic mass is 16.5. The van der Waals surface area contributed by atoms with Crippen molar-refractivity contribution in [3.8, 4) is 5.88 Å². The van der Waals surface area contributed by atoms with E-state index in [1.165, 1.54) is 0 Å². The van der Waals surface area contributed by atoms with E-state index in [1.807, 2.05) is 13.8 Å². The molecule has 0 saturated heterocycles. The highest BCUT2D eigenvalue weighted by molar-refractivity contribution is 5.32. The van der Waals surface area contributed by atoms with Crippen molar-refractivity contribution in [3.05, 3.63) is 24.0 Å². The summed E-state index contributed by atoms with van der Waals surface area (Å²) in [6.07, 6.45) is 1.58. The zero-order valence-electron chi connectivity index (χ0n) is 9.29. The first kappa shape index (κ1) is 11.5. The quantitative estimate of drug-likeness (QED) is 0.750. The molecule has 4 nitrogen and oxygen atoms in total. The zero-order valence-corrected chi connectivity index (χ0v) is 9.29. The van der Waals surface area contributed by atoms with Crippen LogP contribution in [0.25, 0.3) is 0 Å². The molecule has 0 atom stereocenters. The van der Waals surface area contributed by atoms with Crippen molar-refractivity contribution < 1.29 is 4.74 Å². The van der Waals surface area contributed by atoms with Gasteiger partial charge in [0.25, 0.3) is 0 Å². The lowest BCUT2D eigenvalue weighted by Gasteiger charge is -2.06. The van der Waals surface area contributed by atoms with Crippen molar-refractivity contribution in [2.45, 2.75) is 26.7 Å².